The summed E-state index contributed by atoms with van der Waals surface area (Å²) in [5, 5.41) is 4.36. The number of rotatable bonds is 4. The second-order valence-corrected chi connectivity index (χ2v) is 3.98. The van der Waals surface area contributed by atoms with Crippen molar-refractivity contribution < 1.29 is 0 Å². The van der Waals surface area contributed by atoms with E-state index in [1.54, 1.807) is 0 Å². The van der Waals surface area contributed by atoms with E-state index >= 15 is 0 Å². The van der Waals surface area contributed by atoms with E-state index in [1.165, 1.54) is 11.3 Å². The molecule has 0 aliphatic carbocycles. The molecule has 15 heavy (non-hydrogen) atoms. The minimum absolute atomic E-state index is 0.141. The molecule has 0 saturated heterocycles. The van der Waals surface area contributed by atoms with Crippen LogP contribution in [-0.2, 0) is 13.5 Å². The van der Waals surface area contributed by atoms with Crippen LogP contribution in [0.25, 0.3) is 0 Å². The van der Waals surface area contributed by atoms with Gasteiger partial charge in [0.05, 0.1) is 5.69 Å². The molecule has 0 amide bonds. The largest absolute Gasteiger partial charge is 0.327 e. The van der Waals surface area contributed by atoms with Crippen LogP contribution in [0.15, 0.2) is 0 Å². The van der Waals surface area contributed by atoms with E-state index in [4.69, 9.17) is 12.2 Å². The van der Waals surface area contributed by atoms with Crippen LogP contribution in [0.2, 0.25) is 0 Å². The number of aryl methyl sites for hydroxylation is 2. The molecular weight excluding hydrogens is 186 g/mol. The van der Waals surface area contributed by atoms with Crippen LogP contribution >= 0.6 is 0 Å². The lowest BCUT2D eigenvalue weighted by Crippen LogP contribution is -2.23. The number of nitrogens with two attached hydrogens (primary N) is 1. The van der Waals surface area contributed by atoms with E-state index in [1.807, 2.05) is 18.7 Å². The molecule has 0 spiro atoms. The van der Waals surface area contributed by atoms with Crippen molar-refractivity contribution in [3.8, 4) is 12.3 Å². The molecule has 1 atom stereocenters. The number of hydrogen-bond acceptors (Lipinski definition) is 2. The van der Waals surface area contributed by atoms with Crippen molar-refractivity contribution in [1.82, 2.24) is 9.78 Å². The van der Waals surface area contributed by atoms with Gasteiger partial charge in [-0.15, -0.1) is 12.3 Å². The van der Waals surface area contributed by atoms with Crippen molar-refractivity contribution in [1.29, 1.82) is 0 Å². The van der Waals surface area contributed by atoms with Crippen molar-refractivity contribution in [3.63, 3.8) is 0 Å². The first-order valence-electron chi connectivity index (χ1n) is 5.24. The molecule has 0 aliphatic heterocycles. The van der Waals surface area contributed by atoms with E-state index in [2.05, 4.69) is 17.9 Å². The topological polar surface area (TPSA) is 43.8 Å². The van der Waals surface area contributed by atoms with Crippen LogP contribution in [-0.4, -0.2) is 15.8 Å². The molecule has 1 aromatic heterocycles. The highest BCUT2D eigenvalue weighted by molar-refractivity contribution is 5.25. The molecule has 0 saturated carbocycles. The van der Waals surface area contributed by atoms with Gasteiger partial charge in [-0.3, -0.25) is 4.68 Å². The Hall–Kier alpha value is -1.27. The molecule has 0 aromatic carbocycles. The highest BCUT2D eigenvalue weighted by Gasteiger charge is 2.12. The van der Waals surface area contributed by atoms with Gasteiger partial charge in [-0.1, -0.05) is 0 Å². The van der Waals surface area contributed by atoms with Gasteiger partial charge in [0.25, 0.3) is 0 Å². The van der Waals surface area contributed by atoms with E-state index in [0.29, 0.717) is 0 Å². The predicted molar refractivity (Wildman–Crippen MR) is 62.4 cm³/mol. The molecule has 1 unspecified atom stereocenters. The monoisotopic (exact) mass is 205 g/mol. The summed E-state index contributed by atoms with van der Waals surface area (Å²) in [6.07, 6.45) is 7.71. The summed E-state index contributed by atoms with van der Waals surface area (Å²) < 4.78 is 1.90. The highest BCUT2D eigenvalue weighted by atomic mass is 15.3. The van der Waals surface area contributed by atoms with E-state index < -0.39 is 0 Å². The van der Waals surface area contributed by atoms with Gasteiger partial charge in [-0.25, -0.2) is 0 Å². The van der Waals surface area contributed by atoms with Gasteiger partial charge in [0.2, 0.25) is 0 Å². The van der Waals surface area contributed by atoms with Gasteiger partial charge >= 0.3 is 0 Å². The first-order valence-corrected chi connectivity index (χ1v) is 5.24. The average molecular weight is 205 g/mol. The molecule has 3 heteroatoms. The minimum Gasteiger partial charge on any atom is -0.327 e. The molecular formula is C12H19N3. The fourth-order valence-electron chi connectivity index (χ4n) is 1.75. The summed E-state index contributed by atoms with van der Waals surface area (Å²) in [7, 11) is 1.96. The van der Waals surface area contributed by atoms with Crippen LogP contribution in [0.1, 0.15) is 29.8 Å². The van der Waals surface area contributed by atoms with Gasteiger partial charge in [0.1, 0.15) is 0 Å². The normalized spacial score (nSPS) is 12.5. The first-order chi connectivity index (χ1) is 7.06. The molecule has 2 N–H and O–H groups in total. The number of aromatic nitrogens is 2. The van der Waals surface area contributed by atoms with Crippen molar-refractivity contribution in [3.05, 3.63) is 17.0 Å². The fourth-order valence-corrected chi connectivity index (χ4v) is 1.75. The van der Waals surface area contributed by atoms with Gasteiger partial charge in [-0.05, 0) is 32.3 Å². The third kappa shape index (κ3) is 2.84. The zero-order valence-corrected chi connectivity index (χ0v) is 9.75. The van der Waals surface area contributed by atoms with Crippen LogP contribution in [0.4, 0.5) is 0 Å². The Kier molecular flexibility index (Phi) is 3.93. The van der Waals surface area contributed by atoms with Crippen LogP contribution < -0.4 is 5.73 Å². The summed E-state index contributed by atoms with van der Waals surface area (Å²) >= 11 is 0. The molecule has 0 bridgehead atoms. The molecule has 82 valence electrons. The van der Waals surface area contributed by atoms with Gasteiger partial charge in [0, 0.05) is 25.2 Å². The SMILES string of the molecule is C#CCCC(N)Cc1c(C)nn(C)c1C. The average Bonchev–Trinajstić information content (AvgIpc) is 2.42. The van der Waals surface area contributed by atoms with Crippen LogP contribution in [0.3, 0.4) is 0 Å². The zero-order chi connectivity index (χ0) is 11.4. The van der Waals surface area contributed by atoms with Gasteiger partial charge < -0.3 is 5.73 Å². The Balaban J connectivity index is 2.68. The maximum absolute atomic E-state index is 6.01. The Morgan fingerprint density at radius 2 is 2.20 bits per heavy atom. The summed E-state index contributed by atoms with van der Waals surface area (Å²) in [5.41, 5.74) is 9.54. The Morgan fingerprint density at radius 1 is 1.53 bits per heavy atom. The summed E-state index contributed by atoms with van der Waals surface area (Å²) in [5.74, 6) is 2.62. The Labute approximate surface area is 91.7 Å². The molecule has 0 radical (unpaired) electrons. The van der Waals surface area contributed by atoms with Crippen LogP contribution in [0, 0.1) is 26.2 Å². The van der Waals surface area contributed by atoms with E-state index in [-0.39, 0.29) is 6.04 Å². The highest BCUT2D eigenvalue weighted by Crippen LogP contribution is 2.14. The maximum Gasteiger partial charge on any atom is 0.0628 e. The fraction of sp³-hybridized carbons (Fsp3) is 0.583. The zero-order valence-electron chi connectivity index (χ0n) is 9.75. The third-order valence-corrected chi connectivity index (χ3v) is 2.78. The van der Waals surface area contributed by atoms with Crippen molar-refractivity contribution in [2.24, 2.45) is 12.8 Å². The Morgan fingerprint density at radius 3 is 2.67 bits per heavy atom. The predicted octanol–water partition coefficient (Wildman–Crippen LogP) is 1.32. The smallest absolute Gasteiger partial charge is 0.0628 e. The van der Waals surface area contributed by atoms with Crippen molar-refractivity contribution >= 4 is 0 Å². The second-order valence-electron chi connectivity index (χ2n) is 3.98. The lowest BCUT2D eigenvalue weighted by Gasteiger charge is -2.09. The molecule has 1 aromatic rings. The maximum atomic E-state index is 6.01. The molecule has 1 rings (SSSR count). The van der Waals surface area contributed by atoms with E-state index in [0.717, 1.165) is 25.0 Å². The number of terminal acetylenes is 1. The van der Waals surface area contributed by atoms with Crippen LogP contribution in [0.5, 0.6) is 0 Å². The molecule has 3 nitrogen and oxygen atoms in total. The molecule has 0 fully saturated rings. The lowest BCUT2D eigenvalue weighted by molar-refractivity contribution is 0.618. The number of hydrogen-bond donors (Lipinski definition) is 1. The lowest BCUT2D eigenvalue weighted by atomic mass is 10.0. The van der Waals surface area contributed by atoms with E-state index in [9.17, 15) is 0 Å². The van der Waals surface area contributed by atoms with Gasteiger partial charge in [-0.2, -0.15) is 5.10 Å². The molecule has 1 heterocycles. The first kappa shape index (κ1) is 11.8. The second kappa shape index (κ2) is 4.99. The Bertz CT molecular complexity index is 371. The van der Waals surface area contributed by atoms with Crippen molar-refractivity contribution in [2.45, 2.75) is 39.2 Å². The summed E-state index contributed by atoms with van der Waals surface area (Å²) in [4.78, 5) is 0. The summed E-state index contributed by atoms with van der Waals surface area (Å²) in [6, 6.07) is 0.141. The number of nitrogens with zero attached hydrogens (tertiary/aromatic N) is 2. The quantitative estimate of drug-likeness (QED) is 0.753. The minimum atomic E-state index is 0.141. The third-order valence-electron chi connectivity index (χ3n) is 2.78. The van der Waals surface area contributed by atoms with Gasteiger partial charge in [0.15, 0.2) is 0 Å². The summed E-state index contributed by atoms with van der Waals surface area (Å²) in [6.45, 7) is 4.10. The van der Waals surface area contributed by atoms with Crippen molar-refractivity contribution in [2.75, 3.05) is 0 Å². The molecule has 0 aliphatic rings. The standard InChI is InChI=1S/C12H19N3/c1-5-6-7-11(13)8-12-9(2)14-15(4)10(12)3/h1,11H,6-8,13H2,2-4H3.